The van der Waals surface area contributed by atoms with Gasteiger partial charge in [-0.05, 0) is 50.8 Å². The average Bonchev–Trinajstić information content (AvgIpc) is 2.37. The Hall–Kier alpha value is -1.75. The van der Waals surface area contributed by atoms with Crippen LogP contribution in [0.5, 0.6) is 5.75 Å². The first kappa shape index (κ1) is 15.6. The number of amides is 1. The van der Waals surface area contributed by atoms with E-state index in [1.807, 2.05) is 6.07 Å². The van der Waals surface area contributed by atoms with Gasteiger partial charge in [0, 0.05) is 6.42 Å². The number of phenolic OH excluding ortho intramolecular Hbond substituents is 1. The summed E-state index contributed by atoms with van der Waals surface area (Å²) < 4.78 is 5.26. The smallest absolute Gasteiger partial charge is 0.408 e. The molecule has 1 atom stereocenters. The van der Waals surface area contributed by atoms with Crippen molar-refractivity contribution >= 4 is 6.09 Å². The van der Waals surface area contributed by atoms with E-state index in [1.54, 1.807) is 32.9 Å². The second kappa shape index (κ2) is 5.56. The monoisotopic (exact) mass is 293 g/mol. The van der Waals surface area contributed by atoms with Gasteiger partial charge in [-0.25, -0.2) is 4.79 Å². The molecule has 5 heteroatoms. The molecule has 1 amide bonds. The lowest BCUT2D eigenvalue weighted by Gasteiger charge is -2.38. The Balaban J connectivity index is 2.17. The first-order chi connectivity index (χ1) is 9.75. The fourth-order valence-corrected chi connectivity index (χ4v) is 2.66. The van der Waals surface area contributed by atoms with Crippen LogP contribution >= 0.6 is 0 Å². The van der Waals surface area contributed by atoms with Gasteiger partial charge < -0.3 is 20.3 Å². The molecule has 1 aromatic rings. The number of rotatable bonds is 2. The Kier molecular flexibility index (Phi) is 4.14. The molecular formula is C16H23NO4. The summed E-state index contributed by atoms with van der Waals surface area (Å²) in [5.74, 6) is 0.205. The van der Waals surface area contributed by atoms with E-state index in [0.29, 0.717) is 19.3 Å². The van der Waals surface area contributed by atoms with Crippen molar-refractivity contribution in [3.8, 4) is 5.75 Å². The third kappa shape index (κ3) is 3.67. The Morgan fingerprint density at radius 3 is 2.76 bits per heavy atom. The number of phenols is 1. The van der Waals surface area contributed by atoms with Crippen LogP contribution in [0.1, 0.15) is 38.3 Å². The fraction of sp³-hybridized carbons (Fsp3) is 0.562. The fourth-order valence-electron chi connectivity index (χ4n) is 2.66. The minimum absolute atomic E-state index is 0.194. The van der Waals surface area contributed by atoms with Crippen LogP contribution in [0.3, 0.4) is 0 Å². The molecule has 0 aromatic heterocycles. The zero-order valence-electron chi connectivity index (χ0n) is 12.8. The van der Waals surface area contributed by atoms with E-state index in [4.69, 9.17) is 4.74 Å². The molecule has 0 radical (unpaired) electrons. The molecule has 2 rings (SSSR count). The Bertz CT molecular complexity index is 536. The number of fused-ring (bicyclic) bond motifs is 1. The largest absolute Gasteiger partial charge is 0.508 e. The van der Waals surface area contributed by atoms with Crippen molar-refractivity contribution in [2.24, 2.45) is 0 Å². The molecule has 0 spiro atoms. The molecule has 0 saturated heterocycles. The maximum atomic E-state index is 12.0. The summed E-state index contributed by atoms with van der Waals surface area (Å²) in [5, 5.41) is 22.5. The number of aliphatic hydroxyl groups excluding tert-OH is 1. The summed E-state index contributed by atoms with van der Waals surface area (Å²) in [4.78, 5) is 12.0. The molecule has 0 heterocycles. The third-order valence-electron chi connectivity index (χ3n) is 3.71. The van der Waals surface area contributed by atoms with Crippen molar-refractivity contribution in [2.45, 2.75) is 51.2 Å². The zero-order valence-corrected chi connectivity index (χ0v) is 12.8. The van der Waals surface area contributed by atoms with Crippen LogP contribution in [-0.2, 0) is 17.6 Å². The average molecular weight is 293 g/mol. The molecule has 3 N–H and O–H groups in total. The summed E-state index contributed by atoms with van der Waals surface area (Å²) in [5.41, 5.74) is 0.475. The van der Waals surface area contributed by atoms with Crippen LogP contribution in [-0.4, -0.2) is 34.1 Å². The first-order valence-corrected chi connectivity index (χ1v) is 7.16. The highest BCUT2D eigenvalue weighted by atomic mass is 16.6. The lowest BCUT2D eigenvalue weighted by Crippen LogP contribution is -2.55. The summed E-state index contributed by atoms with van der Waals surface area (Å²) in [7, 11) is 0. The van der Waals surface area contributed by atoms with Crippen molar-refractivity contribution < 1.29 is 19.7 Å². The molecule has 1 unspecified atom stereocenters. The number of ether oxygens (including phenoxy) is 1. The Labute approximate surface area is 124 Å². The number of aryl methyl sites for hydroxylation is 1. The summed E-state index contributed by atoms with van der Waals surface area (Å²) in [6, 6.07) is 5.39. The highest BCUT2D eigenvalue weighted by Gasteiger charge is 2.37. The molecule has 0 saturated carbocycles. The Morgan fingerprint density at radius 1 is 1.43 bits per heavy atom. The van der Waals surface area contributed by atoms with Gasteiger partial charge in [-0.2, -0.15) is 0 Å². The molecule has 1 aliphatic rings. The van der Waals surface area contributed by atoms with Gasteiger partial charge in [0.25, 0.3) is 0 Å². The topological polar surface area (TPSA) is 78.8 Å². The highest BCUT2D eigenvalue weighted by molar-refractivity contribution is 5.69. The van der Waals surface area contributed by atoms with Crippen molar-refractivity contribution in [3.05, 3.63) is 29.3 Å². The molecule has 0 aliphatic heterocycles. The molecular weight excluding hydrogens is 270 g/mol. The van der Waals surface area contributed by atoms with Crippen LogP contribution in [0.25, 0.3) is 0 Å². The number of aromatic hydroxyl groups is 1. The van der Waals surface area contributed by atoms with Gasteiger partial charge in [0.1, 0.15) is 11.4 Å². The molecule has 5 nitrogen and oxygen atoms in total. The van der Waals surface area contributed by atoms with E-state index >= 15 is 0 Å². The van der Waals surface area contributed by atoms with E-state index < -0.39 is 17.2 Å². The van der Waals surface area contributed by atoms with E-state index in [2.05, 4.69) is 5.32 Å². The third-order valence-corrected chi connectivity index (χ3v) is 3.71. The summed E-state index contributed by atoms with van der Waals surface area (Å²) >= 11 is 0. The maximum Gasteiger partial charge on any atom is 0.408 e. The SMILES string of the molecule is CC(C)(C)OC(=O)NC1(CO)CCc2cccc(O)c2C1. The van der Waals surface area contributed by atoms with E-state index in [0.717, 1.165) is 11.1 Å². The van der Waals surface area contributed by atoms with Crippen molar-refractivity contribution in [2.75, 3.05) is 6.61 Å². The number of carbonyl (C=O) groups excluding carboxylic acids is 1. The number of hydrogen-bond donors (Lipinski definition) is 3. The maximum absolute atomic E-state index is 12.0. The number of nitrogens with one attached hydrogen (secondary N) is 1. The lowest BCUT2D eigenvalue weighted by atomic mass is 9.78. The molecule has 0 bridgehead atoms. The normalized spacial score (nSPS) is 21.5. The van der Waals surface area contributed by atoms with Gasteiger partial charge in [-0.1, -0.05) is 12.1 Å². The number of alkyl carbamates (subject to hydrolysis) is 1. The quantitative estimate of drug-likeness (QED) is 0.780. The second-order valence-electron chi connectivity index (χ2n) is 6.66. The number of hydrogen-bond acceptors (Lipinski definition) is 4. The minimum Gasteiger partial charge on any atom is -0.508 e. The molecule has 116 valence electrons. The van der Waals surface area contributed by atoms with E-state index in [-0.39, 0.29) is 12.4 Å². The van der Waals surface area contributed by atoms with Gasteiger partial charge in [0.15, 0.2) is 0 Å². The summed E-state index contributed by atoms with van der Waals surface area (Å²) in [6.45, 7) is 5.18. The van der Waals surface area contributed by atoms with Crippen molar-refractivity contribution in [1.82, 2.24) is 5.32 Å². The van der Waals surface area contributed by atoms with E-state index in [9.17, 15) is 15.0 Å². The minimum atomic E-state index is -0.784. The molecule has 1 aliphatic carbocycles. The first-order valence-electron chi connectivity index (χ1n) is 7.16. The van der Waals surface area contributed by atoms with Gasteiger partial charge in [-0.3, -0.25) is 0 Å². The van der Waals surface area contributed by atoms with Crippen LogP contribution in [0.15, 0.2) is 18.2 Å². The molecule has 1 aromatic carbocycles. The second-order valence-corrected chi connectivity index (χ2v) is 6.66. The summed E-state index contributed by atoms with van der Waals surface area (Å²) in [6.07, 6.45) is 1.15. The highest BCUT2D eigenvalue weighted by Crippen LogP contribution is 2.34. The van der Waals surface area contributed by atoms with Gasteiger partial charge in [0.2, 0.25) is 0 Å². The predicted molar refractivity (Wildman–Crippen MR) is 79.3 cm³/mol. The molecule has 21 heavy (non-hydrogen) atoms. The number of carbonyl (C=O) groups is 1. The van der Waals surface area contributed by atoms with Crippen molar-refractivity contribution in [3.63, 3.8) is 0 Å². The lowest BCUT2D eigenvalue weighted by molar-refractivity contribution is 0.0378. The van der Waals surface area contributed by atoms with E-state index in [1.165, 1.54) is 0 Å². The van der Waals surface area contributed by atoms with Gasteiger partial charge in [-0.15, -0.1) is 0 Å². The standard InChI is InChI=1S/C16H23NO4/c1-15(2,3)21-14(20)17-16(10-18)8-7-11-5-4-6-13(19)12(11)9-16/h4-6,18-19H,7-10H2,1-3H3,(H,17,20). The zero-order chi connectivity index (χ0) is 15.7. The van der Waals surface area contributed by atoms with Gasteiger partial charge in [0.05, 0.1) is 12.1 Å². The van der Waals surface area contributed by atoms with Crippen molar-refractivity contribution in [1.29, 1.82) is 0 Å². The van der Waals surface area contributed by atoms with Gasteiger partial charge >= 0.3 is 6.09 Å². The number of aliphatic hydroxyl groups is 1. The van der Waals surface area contributed by atoms with Crippen LogP contribution in [0, 0.1) is 0 Å². The predicted octanol–water partition coefficient (Wildman–Crippen LogP) is 2.14. The number of benzene rings is 1. The molecule has 0 fully saturated rings. The van der Waals surface area contributed by atoms with Crippen LogP contribution in [0.2, 0.25) is 0 Å². The van der Waals surface area contributed by atoms with Crippen LogP contribution < -0.4 is 5.32 Å². The Morgan fingerprint density at radius 2 is 2.14 bits per heavy atom. The van der Waals surface area contributed by atoms with Crippen LogP contribution in [0.4, 0.5) is 4.79 Å².